The van der Waals surface area contributed by atoms with Crippen LogP contribution in [0, 0.1) is 5.92 Å². The first-order valence-corrected chi connectivity index (χ1v) is 7.74. The molecule has 2 aromatic heterocycles. The van der Waals surface area contributed by atoms with Gasteiger partial charge >= 0.3 is 0 Å². The molecule has 2 aromatic rings. The summed E-state index contributed by atoms with van der Waals surface area (Å²) in [7, 11) is 0. The average Bonchev–Trinajstić information content (AvgIpc) is 3.13. The maximum atomic E-state index is 12.2. The summed E-state index contributed by atoms with van der Waals surface area (Å²) in [6, 6.07) is 3.56. The Hall–Kier alpha value is -2.11. The van der Waals surface area contributed by atoms with Crippen LogP contribution in [0.15, 0.2) is 27.3 Å². The van der Waals surface area contributed by atoms with Crippen LogP contribution in [0.2, 0.25) is 0 Å². The van der Waals surface area contributed by atoms with Gasteiger partial charge in [-0.15, -0.1) is 0 Å². The molecule has 1 amide bonds. The van der Waals surface area contributed by atoms with Crippen molar-refractivity contribution < 1.29 is 13.7 Å². The van der Waals surface area contributed by atoms with Gasteiger partial charge in [0.1, 0.15) is 0 Å². The van der Waals surface area contributed by atoms with Crippen LogP contribution >= 0.6 is 0 Å². The number of rotatable bonds is 8. The molecule has 0 aliphatic rings. The van der Waals surface area contributed by atoms with Crippen molar-refractivity contribution in [1.82, 2.24) is 15.0 Å². The van der Waals surface area contributed by atoms with E-state index in [-0.39, 0.29) is 5.91 Å². The number of hydrogen-bond donors (Lipinski definition) is 0. The fraction of sp³-hybridized carbons (Fsp3) is 0.562. The van der Waals surface area contributed by atoms with Crippen molar-refractivity contribution in [3.63, 3.8) is 0 Å². The van der Waals surface area contributed by atoms with Gasteiger partial charge in [0.25, 0.3) is 0 Å². The topological polar surface area (TPSA) is 72.4 Å². The van der Waals surface area contributed by atoms with Crippen LogP contribution in [0.3, 0.4) is 0 Å². The third-order valence-electron chi connectivity index (χ3n) is 3.23. The number of aromatic nitrogens is 2. The fourth-order valence-corrected chi connectivity index (χ4v) is 2.20. The van der Waals surface area contributed by atoms with Crippen molar-refractivity contribution in [1.29, 1.82) is 0 Å². The summed E-state index contributed by atoms with van der Waals surface area (Å²) in [4.78, 5) is 18.4. The molecule has 2 heterocycles. The fourth-order valence-electron chi connectivity index (χ4n) is 2.20. The minimum absolute atomic E-state index is 0.183. The molecule has 0 atom stereocenters. The molecule has 2 rings (SSSR count). The van der Waals surface area contributed by atoms with Gasteiger partial charge in [0.2, 0.25) is 17.6 Å². The highest BCUT2D eigenvalue weighted by Gasteiger charge is 2.16. The van der Waals surface area contributed by atoms with Crippen LogP contribution < -0.4 is 0 Å². The lowest BCUT2D eigenvalue weighted by atomic mass is 10.1. The van der Waals surface area contributed by atoms with Gasteiger partial charge in [0.15, 0.2) is 5.76 Å². The maximum Gasteiger partial charge on any atom is 0.238 e. The number of furan rings is 1. The number of carbonyl (C=O) groups excluding carboxylic acids is 1. The Bertz CT molecular complexity index is 575. The van der Waals surface area contributed by atoms with E-state index < -0.39 is 0 Å². The lowest BCUT2D eigenvalue weighted by Gasteiger charge is -2.22. The summed E-state index contributed by atoms with van der Waals surface area (Å²) in [5, 5.41) is 3.89. The minimum Gasteiger partial charge on any atom is -0.461 e. The molecule has 0 saturated heterocycles. The summed E-state index contributed by atoms with van der Waals surface area (Å²) in [6.07, 6.45) is 3.63. The highest BCUT2D eigenvalue weighted by molar-refractivity contribution is 5.76. The second-order valence-electron chi connectivity index (χ2n) is 5.72. The van der Waals surface area contributed by atoms with Gasteiger partial charge < -0.3 is 13.8 Å². The Morgan fingerprint density at radius 1 is 1.36 bits per heavy atom. The predicted molar refractivity (Wildman–Crippen MR) is 82.0 cm³/mol. The predicted octanol–water partition coefficient (Wildman–Crippen LogP) is 3.16. The molecule has 0 fully saturated rings. The van der Waals surface area contributed by atoms with Crippen LogP contribution in [-0.4, -0.2) is 34.0 Å². The minimum atomic E-state index is 0.183. The molecular formula is C16H23N3O3. The monoisotopic (exact) mass is 305 g/mol. The molecule has 0 radical (unpaired) electrons. The molecule has 0 saturated carbocycles. The second kappa shape index (κ2) is 7.77. The number of nitrogens with zero attached hydrogens (tertiary/aromatic N) is 3. The Kier molecular flexibility index (Phi) is 5.75. The normalized spacial score (nSPS) is 11.1. The summed E-state index contributed by atoms with van der Waals surface area (Å²) in [5.74, 6) is 2.08. The molecule has 120 valence electrons. The zero-order chi connectivity index (χ0) is 15.9. The van der Waals surface area contributed by atoms with E-state index in [1.165, 1.54) is 0 Å². The number of carbonyl (C=O) groups is 1. The zero-order valence-electron chi connectivity index (χ0n) is 13.4. The van der Waals surface area contributed by atoms with Gasteiger partial charge in [0.05, 0.1) is 6.26 Å². The summed E-state index contributed by atoms with van der Waals surface area (Å²) in [6.45, 7) is 7.52. The van der Waals surface area contributed by atoms with Crippen molar-refractivity contribution in [2.45, 2.75) is 40.0 Å². The zero-order valence-corrected chi connectivity index (χ0v) is 13.4. The van der Waals surface area contributed by atoms with Gasteiger partial charge in [-0.3, -0.25) is 4.79 Å². The summed E-state index contributed by atoms with van der Waals surface area (Å²) < 4.78 is 10.4. The standard InChI is InChI=1S/C16H23N3O3/c1-4-8-19(15(20)11-12(2)3)9-7-14-17-16(18-22-14)13-6-5-10-21-13/h5-6,10,12H,4,7-9,11H2,1-3H3. The van der Waals surface area contributed by atoms with Crippen molar-refractivity contribution in [3.05, 3.63) is 24.3 Å². The quantitative estimate of drug-likeness (QED) is 0.749. The molecule has 6 heteroatoms. The van der Waals surface area contributed by atoms with E-state index in [9.17, 15) is 4.79 Å². The van der Waals surface area contributed by atoms with Gasteiger partial charge in [-0.25, -0.2) is 0 Å². The van der Waals surface area contributed by atoms with Gasteiger partial charge in [-0.05, 0) is 24.5 Å². The molecule has 0 spiro atoms. The lowest BCUT2D eigenvalue weighted by molar-refractivity contribution is -0.132. The second-order valence-corrected chi connectivity index (χ2v) is 5.72. The van der Waals surface area contributed by atoms with Crippen molar-refractivity contribution in [3.8, 4) is 11.6 Å². The van der Waals surface area contributed by atoms with E-state index in [0.717, 1.165) is 13.0 Å². The lowest BCUT2D eigenvalue weighted by Crippen LogP contribution is -2.34. The summed E-state index contributed by atoms with van der Waals surface area (Å²) >= 11 is 0. The molecule has 0 N–H and O–H groups in total. The third kappa shape index (κ3) is 4.44. The first-order chi connectivity index (χ1) is 10.6. The maximum absolute atomic E-state index is 12.2. The van der Waals surface area contributed by atoms with Crippen molar-refractivity contribution >= 4 is 5.91 Å². The summed E-state index contributed by atoms with van der Waals surface area (Å²) in [5.41, 5.74) is 0. The molecule has 22 heavy (non-hydrogen) atoms. The van der Waals surface area contributed by atoms with Crippen LogP contribution in [0.1, 0.15) is 39.5 Å². The molecule has 0 unspecified atom stereocenters. The van der Waals surface area contributed by atoms with Crippen LogP contribution in [0.25, 0.3) is 11.6 Å². The largest absolute Gasteiger partial charge is 0.461 e. The van der Waals surface area contributed by atoms with Gasteiger partial charge in [0, 0.05) is 25.9 Å². The molecule has 6 nitrogen and oxygen atoms in total. The van der Waals surface area contributed by atoms with E-state index >= 15 is 0 Å². The van der Waals surface area contributed by atoms with Gasteiger partial charge in [-0.1, -0.05) is 25.9 Å². The van der Waals surface area contributed by atoms with E-state index in [1.807, 2.05) is 4.90 Å². The Balaban J connectivity index is 1.93. The number of amides is 1. The molecule has 0 aliphatic carbocycles. The van der Waals surface area contributed by atoms with Crippen LogP contribution in [0.5, 0.6) is 0 Å². The first-order valence-electron chi connectivity index (χ1n) is 7.74. The van der Waals surface area contributed by atoms with Crippen LogP contribution in [-0.2, 0) is 11.2 Å². The highest BCUT2D eigenvalue weighted by atomic mass is 16.5. The highest BCUT2D eigenvalue weighted by Crippen LogP contribution is 2.16. The van der Waals surface area contributed by atoms with Crippen molar-refractivity contribution in [2.24, 2.45) is 5.92 Å². The van der Waals surface area contributed by atoms with E-state index in [0.29, 0.717) is 42.8 Å². The molecule has 0 bridgehead atoms. The van der Waals surface area contributed by atoms with Crippen molar-refractivity contribution in [2.75, 3.05) is 13.1 Å². The molecule has 0 aromatic carbocycles. The Morgan fingerprint density at radius 3 is 2.82 bits per heavy atom. The van der Waals surface area contributed by atoms with E-state index in [1.54, 1.807) is 18.4 Å². The Morgan fingerprint density at radius 2 is 2.18 bits per heavy atom. The molecule has 0 aliphatic heterocycles. The molecular weight excluding hydrogens is 282 g/mol. The van der Waals surface area contributed by atoms with E-state index in [4.69, 9.17) is 8.94 Å². The Labute approximate surface area is 130 Å². The SMILES string of the molecule is CCCN(CCc1nc(-c2ccco2)no1)C(=O)CC(C)C. The smallest absolute Gasteiger partial charge is 0.238 e. The third-order valence-corrected chi connectivity index (χ3v) is 3.23. The number of hydrogen-bond acceptors (Lipinski definition) is 5. The average molecular weight is 305 g/mol. The first kappa shape index (κ1) is 16.3. The van der Waals surface area contributed by atoms with E-state index in [2.05, 4.69) is 30.9 Å². The van der Waals surface area contributed by atoms with Crippen LogP contribution in [0.4, 0.5) is 0 Å². The van der Waals surface area contributed by atoms with Gasteiger partial charge in [-0.2, -0.15) is 4.98 Å².